The van der Waals surface area contributed by atoms with Crippen molar-refractivity contribution in [1.82, 2.24) is 9.38 Å². The molecule has 0 radical (unpaired) electrons. The Morgan fingerprint density at radius 3 is 2.81 bits per heavy atom. The number of nitrogens with zero attached hydrogens (tertiary/aromatic N) is 2. The molecule has 2 heterocycles. The summed E-state index contributed by atoms with van der Waals surface area (Å²) in [6, 6.07) is 3.02. The Morgan fingerprint density at radius 2 is 2.25 bits per heavy atom. The maximum absolute atomic E-state index is 10.8. The highest BCUT2D eigenvalue weighted by molar-refractivity contribution is 6.30. The Bertz CT molecular complexity index is 560. The number of hydrogen-bond acceptors (Lipinski definition) is 2. The summed E-state index contributed by atoms with van der Waals surface area (Å²) in [4.78, 5) is 15.1. The van der Waals surface area contributed by atoms with E-state index in [4.69, 9.17) is 16.7 Å². The third kappa shape index (κ3) is 1.65. The predicted octanol–water partition coefficient (Wildman–Crippen LogP) is 2.81. The SMILES string of the molecule is CC(C)c1nc2cc(C(=O)O)ccn2c1Cl. The topological polar surface area (TPSA) is 54.6 Å². The Hall–Kier alpha value is -1.55. The zero-order chi connectivity index (χ0) is 11.9. The van der Waals surface area contributed by atoms with Crippen LogP contribution in [0.25, 0.3) is 5.65 Å². The van der Waals surface area contributed by atoms with Gasteiger partial charge in [0.2, 0.25) is 0 Å². The van der Waals surface area contributed by atoms with Crippen molar-refractivity contribution in [3.05, 3.63) is 34.7 Å². The van der Waals surface area contributed by atoms with Crippen molar-refractivity contribution in [2.24, 2.45) is 0 Å². The fourth-order valence-electron chi connectivity index (χ4n) is 1.53. The van der Waals surface area contributed by atoms with E-state index in [1.54, 1.807) is 10.6 Å². The van der Waals surface area contributed by atoms with Gasteiger partial charge in [-0.2, -0.15) is 0 Å². The van der Waals surface area contributed by atoms with Crippen molar-refractivity contribution in [2.45, 2.75) is 19.8 Å². The third-order valence-electron chi connectivity index (χ3n) is 2.39. The van der Waals surface area contributed by atoms with Gasteiger partial charge in [0, 0.05) is 6.20 Å². The molecule has 0 aliphatic rings. The monoisotopic (exact) mass is 238 g/mol. The van der Waals surface area contributed by atoms with Crippen LogP contribution in [0.15, 0.2) is 18.3 Å². The second-order valence-corrected chi connectivity index (χ2v) is 4.25. The molecule has 0 fully saturated rings. The molecular weight excluding hydrogens is 228 g/mol. The van der Waals surface area contributed by atoms with Gasteiger partial charge in [-0.15, -0.1) is 0 Å². The fraction of sp³-hybridized carbons (Fsp3) is 0.273. The summed E-state index contributed by atoms with van der Waals surface area (Å²) >= 11 is 6.14. The molecule has 16 heavy (non-hydrogen) atoms. The highest BCUT2D eigenvalue weighted by atomic mass is 35.5. The molecule has 0 amide bonds. The normalized spacial score (nSPS) is 11.2. The minimum absolute atomic E-state index is 0.209. The lowest BCUT2D eigenvalue weighted by Gasteiger charge is -1.99. The largest absolute Gasteiger partial charge is 0.478 e. The molecule has 2 rings (SSSR count). The van der Waals surface area contributed by atoms with Crippen LogP contribution < -0.4 is 0 Å². The van der Waals surface area contributed by atoms with E-state index in [0.717, 1.165) is 5.69 Å². The molecule has 0 aliphatic carbocycles. The summed E-state index contributed by atoms with van der Waals surface area (Å²) in [7, 11) is 0. The lowest BCUT2D eigenvalue weighted by molar-refractivity contribution is 0.0697. The van der Waals surface area contributed by atoms with Gasteiger partial charge in [-0.05, 0) is 18.1 Å². The number of rotatable bonds is 2. The van der Waals surface area contributed by atoms with Crippen LogP contribution in [-0.2, 0) is 0 Å². The molecular formula is C11H11ClN2O2. The lowest BCUT2D eigenvalue weighted by atomic mass is 10.2. The van der Waals surface area contributed by atoms with Gasteiger partial charge in [0.1, 0.15) is 10.8 Å². The third-order valence-corrected chi connectivity index (χ3v) is 2.76. The van der Waals surface area contributed by atoms with Gasteiger partial charge in [-0.25, -0.2) is 9.78 Å². The van der Waals surface area contributed by atoms with Gasteiger partial charge >= 0.3 is 5.97 Å². The second kappa shape index (κ2) is 3.79. The Morgan fingerprint density at radius 1 is 1.56 bits per heavy atom. The van der Waals surface area contributed by atoms with Crippen LogP contribution in [0.1, 0.15) is 35.8 Å². The van der Waals surface area contributed by atoms with Gasteiger partial charge in [-0.3, -0.25) is 4.40 Å². The zero-order valence-electron chi connectivity index (χ0n) is 8.94. The number of halogens is 1. The van der Waals surface area contributed by atoms with E-state index in [1.165, 1.54) is 12.1 Å². The number of pyridine rings is 1. The molecule has 0 atom stereocenters. The lowest BCUT2D eigenvalue weighted by Crippen LogP contribution is -1.97. The highest BCUT2D eigenvalue weighted by Crippen LogP contribution is 2.25. The van der Waals surface area contributed by atoms with Crippen molar-refractivity contribution in [2.75, 3.05) is 0 Å². The first kappa shape index (κ1) is 11.0. The molecule has 0 spiro atoms. The number of carboxylic acid groups (broad SMARTS) is 1. The molecule has 0 saturated heterocycles. The molecule has 0 saturated carbocycles. The molecule has 0 aromatic carbocycles. The van der Waals surface area contributed by atoms with Crippen LogP contribution in [0, 0.1) is 0 Å². The number of imidazole rings is 1. The van der Waals surface area contributed by atoms with Crippen LogP contribution in [0.5, 0.6) is 0 Å². The zero-order valence-corrected chi connectivity index (χ0v) is 9.69. The fourth-order valence-corrected chi connectivity index (χ4v) is 1.94. The van der Waals surface area contributed by atoms with Crippen molar-refractivity contribution in [3.63, 3.8) is 0 Å². The number of hydrogen-bond donors (Lipinski definition) is 1. The summed E-state index contributed by atoms with van der Waals surface area (Å²) in [5.41, 5.74) is 1.56. The average molecular weight is 239 g/mol. The minimum atomic E-state index is -0.965. The number of carbonyl (C=O) groups is 1. The standard InChI is InChI=1S/C11H11ClN2O2/c1-6(2)9-10(12)14-4-3-7(11(15)16)5-8(14)13-9/h3-6H,1-2H3,(H,15,16). The first-order chi connectivity index (χ1) is 7.50. The van der Waals surface area contributed by atoms with Gasteiger partial charge in [0.15, 0.2) is 0 Å². The van der Waals surface area contributed by atoms with Crippen LogP contribution in [0.4, 0.5) is 0 Å². The van der Waals surface area contributed by atoms with E-state index < -0.39 is 5.97 Å². The van der Waals surface area contributed by atoms with Gasteiger partial charge in [-0.1, -0.05) is 25.4 Å². The highest BCUT2D eigenvalue weighted by Gasteiger charge is 2.14. The van der Waals surface area contributed by atoms with E-state index in [2.05, 4.69) is 4.98 Å². The van der Waals surface area contributed by atoms with Gasteiger partial charge in [0.25, 0.3) is 0 Å². The first-order valence-corrected chi connectivity index (χ1v) is 5.29. The Labute approximate surface area is 97.5 Å². The molecule has 0 unspecified atom stereocenters. The Kier molecular flexibility index (Phi) is 2.59. The number of aromatic carboxylic acids is 1. The second-order valence-electron chi connectivity index (χ2n) is 3.89. The predicted molar refractivity (Wildman–Crippen MR) is 61.3 cm³/mol. The average Bonchev–Trinajstić information content (AvgIpc) is 2.55. The number of aromatic nitrogens is 2. The summed E-state index contributed by atoms with van der Waals surface area (Å²) in [5.74, 6) is -0.756. The van der Waals surface area contributed by atoms with Crippen molar-refractivity contribution < 1.29 is 9.90 Å². The van der Waals surface area contributed by atoms with Crippen molar-refractivity contribution in [3.8, 4) is 0 Å². The van der Waals surface area contributed by atoms with E-state index in [1.807, 2.05) is 13.8 Å². The number of carboxylic acids is 1. The van der Waals surface area contributed by atoms with E-state index in [9.17, 15) is 4.79 Å². The smallest absolute Gasteiger partial charge is 0.335 e. The molecule has 0 aliphatic heterocycles. The van der Waals surface area contributed by atoms with Gasteiger partial charge in [0.05, 0.1) is 11.3 Å². The summed E-state index contributed by atoms with van der Waals surface area (Å²) in [5, 5.41) is 9.40. The summed E-state index contributed by atoms with van der Waals surface area (Å²) in [6.45, 7) is 3.98. The maximum atomic E-state index is 10.8. The number of fused-ring (bicyclic) bond motifs is 1. The van der Waals surface area contributed by atoms with Crippen LogP contribution >= 0.6 is 11.6 Å². The van der Waals surface area contributed by atoms with E-state index in [-0.39, 0.29) is 11.5 Å². The molecule has 2 aromatic heterocycles. The molecule has 1 N–H and O–H groups in total. The quantitative estimate of drug-likeness (QED) is 0.875. The molecule has 84 valence electrons. The maximum Gasteiger partial charge on any atom is 0.335 e. The molecule has 5 heteroatoms. The van der Waals surface area contributed by atoms with Crippen molar-refractivity contribution >= 4 is 23.2 Å². The minimum Gasteiger partial charge on any atom is -0.478 e. The van der Waals surface area contributed by atoms with Gasteiger partial charge < -0.3 is 5.11 Å². The Balaban J connectivity index is 2.67. The van der Waals surface area contributed by atoms with E-state index in [0.29, 0.717) is 10.8 Å². The van der Waals surface area contributed by atoms with Crippen molar-refractivity contribution in [1.29, 1.82) is 0 Å². The molecule has 2 aromatic rings. The van der Waals surface area contributed by atoms with Crippen LogP contribution in [0.2, 0.25) is 5.15 Å². The molecule has 4 nitrogen and oxygen atoms in total. The summed E-state index contributed by atoms with van der Waals surface area (Å²) in [6.07, 6.45) is 1.62. The summed E-state index contributed by atoms with van der Waals surface area (Å²) < 4.78 is 1.68. The molecule has 0 bridgehead atoms. The van der Waals surface area contributed by atoms with Crippen LogP contribution in [0.3, 0.4) is 0 Å². The first-order valence-electron chi connectivity index (χ1n) is 4.91. The van der Waals surface area contributed by atoms with E-state index >= 15 is 0 Å². The van der Waals surface area contributed by atoms with Crippen LogP contribution in [-0.4, -0.2) is 20.5 Å².